The molecule has 1 aromatic carbocycles. The maximum Gasteiger partial charge on any atom is 0.290 e. The van der Waals surface area contributed by atoms with Crippen LogP contribution in [0.15, 0.2) is 40.8 Å². The van der Waals surface area contributed by atoms with Crippen molar-refractivity contribution in [3.63, 3.8) is 0 Å². The van der Waals surface area contributed by atoms with Crippen LogP contribution in [0, 0.1) is 5.82 Å². The molecular formula is C23H25FN3O2+. The van der Waals surface area contributed by atoms with Crippen molar-refractivity contribution >= 4 is 17.0 Å². The molecule has 0 unspecified atom stereocenters. The highest BCUT2D eigenvalue weighted by Crippen LogP contribution is 2.50. The van der Waals surface area contributed by atoms with Crippen LogP contribution in [0.25, 0.3) is 22.4 Å². The fourth-order valence-corrected chi connectivity index (χ4v) is 4.17. The van der Waals surface area contributed by atoms with Gasteiger partial charge < -0.3 is 14.6 Å². The summed E-state index contributed by atoms with van der Waals surface area (Å²) in [6.45, 7) is 6.68. The molecular weight excluding hydrogens is 369 g/mol. The molecule has 2 aliphatic rings. The molecule has 5 nitrogen and oxygen atoms in total. The second-order valence-corrected chi connectivity index (χ2v) is 8.70. The van der Waals surface area contributed by atoms with E-state index in [0.717, 1.165) is 42.8 Å². The quantitative estimate of drug-likeness (QED) is 0.743. The minimum atomic E-state index is -0.270. The molecule has 1 saturated carbocycles. The van der Waals surface area contributed by atoms with Crippen LogP contribution < -0.4 is 5.32 Å². The van der Waals surface area contributed by atoms with E-state index < -0.39 is 0 Å². The van der Waals surface area contributed by atoms with Crippen molar-refractivity contribution < 1.29 is 18.9 Å². The number of fused-ring (bicyclic) bond motifs is 1. The number of carbonyl (C=O) groups is 1. The van der Waals surface area contributed by atoms with Gasteiger partial charge in [-0.25, -0.2) is 9.37 Å². The highest BCUT2D eigenvalue weighted by Gasteiger charge is 2.42. The molecule has 2 aromatic heterocycles. The Morgan fingerprint density at radius 3 is 2.72 bits per heavy atom. The van der Waals surface area contributed by atoms with Gasteiger partial charge in [0.1, 0.15) is 17.4 Å². The smallest absolute Gasteiger partial charge is 0.290 e. The lowest BCUT2D eigenvalue weighted by molar-refractivity contribution is -0.693. The van der Waals surface area contributed by atoms with Crippen LogP contribution in [0.5, 0.6) is 0 Å². The van der Waals surface area contributed by atoms with Crippen molar-refractivity contribution in [3.8, 4) is 11.3 Å². The van der Waals surface area contributed by atoms with Gasteiger partial charge in [0, 0.05) is 17.2 Å². The molecule has 1 saturated heterocycles. The third-order valence-corrected chi connectivity index (χ3v) is 6.24. The topological polar surface area (TPSA) is 63.0 Å². The number of quaternary nitrogens is 1. The molecule has 0 radical (unpaired) electrons. The van der Waals surface area contributed by atoms with E-state index in [1.807, 2.05) is 11.0 Å². The van der Waals surface area contributed by atoms with E-state index in [9.17, 15) is 9.18 Å². The first-order valence-electron chi connectivity index (χ1n) is 10.3. The van der Waals surface area contributed by atoms with E-state index in [1.54, 1.807) is 18.2 Å². The second kappa shape index (κ2) is 6.66. The number of hydrogen-bond acceptors (Lipinski definition) is 3. The molecule has 2 fully saturated rings. The van der Waals surface area contributed by atoms with Gasteiger partial charge in [0.05, 0.1) is 25.3 Å². The molecule has 5 rings (SSSR count). The molecule has 1 amide bonds. The molecule has 3 aromatic rings. The summed E-state index contributed by atoms with van der Waals surface area (Å²) in [6, 6.07) is 10.6. The van der Waals surface area contributed by atoms with Crippen LogP contribution in [-0.2, 0) is 5.41 Å². The summed E-state index contributed by atoms with van der Waals surface area (Å²) in [5.74, 6) is 0.00921. The lowest BCUT2D eigenvalue weighted by atomic mass is 9.96. The maximum absolute atomic E-state index is 13.4. The maximum atomic E-state index is 13.4. The third kappa shape index (κ3) is 3.31. The van der Waals surface area contributed by atoms with Gasteiger partial charge in [-0.05, 0) is 55.5 Å². The Kier molecular flexibility index (Phi) is 4.21. The van der Waals surface area contributed by atoms with Crippen LogP contribution >= 0.6 is 0 Å². The van der Waals surface area contributed by atoms with Gasteiger partial charge in [-0.15, -0.1) is 0 Å². The van der Waals surface area contributed by atoms with Crippen molar-refractivity contribution in [1.82, 2.24) is 9.88 Å². The van der Waals surface area contributed by atoms with Gasteiger partial charge in [-0.3, -0.25) is 4.79 Å². The van der Waals surface area contributed by atoms with E-state index in [4.69, 9.17) is 9.40 Å². The Bertz CT molecular complexity index is 1090. The summed E-state index contributed by atoms with van der Waals surface area (Å²) in [7, 11) is 0. The summed E-state index contributed by atoms with van der Waals surface area (Å²) in [5.41, 5.74) is 4.16. The van der Waals surface area contributed by atoms with Gasteiger partial charge in [0.15, 0.2) is 11.3 Å². The normalized spacial score (nSPS) is 20.8. The molecule has 2 N–H and O–H groups in total. The number of piperazine rings is 1. The van der Waals surface area contributed by atoms with E-state index >= 15 is 0 Å². The van der Waals surface area contributed by atoms with Gasteiger partial charge in [0.2, 0.25) is 0 Å². The zero-order valence-corrected chi connectivity index (χ0v) is 16.7. The van der Waals surface area contributed by atoms with Crippen molar-refractivity contribution in [2.75, 3.05) is 19.6 Å². The van der Waals surface area contributed by atoms with Crippen molar-refractivity contribution in [1.29, 1.82) is 0 Å². The molecule has 1 aliphatic carbocycles. The Morgan fingerprint density at radius 2 is 2.03 bits per heavy atom. The Hall–Kier alpha value is -2.73. The predicted molar refractivity (Wildman–Crippen MR) is 108 cm³/mol. The molecule has 0 spiro atoms. The molecule has 29 heavy (non-hydrogen) atoms. The van der Waals surface area contributed by atoms with Crippen LogP contribution in [-0.4, -0.2) is 41.5 Å². The van der Waals surface area contributed by atoms with Crippen molar-refractivity contribution in [2.24, 2.45) is 0 Å². The number of aromatic nitrogens is 1. The first kappa shape index (κ1) is 18.3. The van der Waals surface area contributed by atoms with Gasteiger partial charge in [-0.2, -0.15) is 0 Å². The zero-order valence-electron chi connectivity index (χ0n) is 16.7. The number of nitrogens with two attached hydrogens (primary N) is 1. The van der Waals surface area contributed by atoms with Crippen LogP contribution in [0.2, 0.25) is 0 Å². The van der Waals surface area contributed by atoms with Crippen molar-refractivity contribution in [3.05, 3.63) is 53.5 Å². The highest BCUT2D eigenvalue weighted by molar-refractivity contribution is 5.96. The number of hydrogen-bond donors (Lipinski definition) is 1. The minimum Gasteiger partial charge on any atom is -0.449 e. The second-order valence-electron chi connectivity index (χ2n) is 8.70. The average molecular weight is 394 g/mol. The Labute approximate surface area is 168 Å². The predicted octanol–water partition coefficient (Wildman–Crippen LogP) is 3.09. The minimum absolute atomic E-state index is 0.0444. The summed E-state index contributed by atoms with van der Waals surface area (Å²) in [6.07, 6.45) is 2.16. The summed E-state index contributed by atoms with van der Waals surface area (Å²) in [4.78, 5) is 19.6. The first-order chi connectivity index (χ1) is 13.9. The zero-order chi connectivity index (χ0) is 20.2. The largest absolute Gasteiger partial charge is 0.449 e. The molecule has 1 atom stereocenters. The van der Waals surface area contributed by atoms with Crippen LogP contribution in [0.4, 0.5) is 4.39 Å². The monoisotopic (exact) mass is 394 g/mol. The summed E-state index contributed by atoms with van der Waals surface area (Å²) in [5, 5.41) is 2.25. The Balaban J connectivity index is 1.59. The lowest BCUT2D eigenvalue weighted by Crippen LogP contribution is -2.94. The number of benzene rings is 1. The van der Waals surface area contributed by atoms with E-state index in [1.165, 1.54) is 12.1 Å². The number of rotatable bonds is 3. The number of halogens is 1. The molecule has 1 aliphatic heterocycles. The van der Waals surface area contributed by atoms with Crippen LogP contribution in [0.1, 0.15) is 42.8 Å². The van der Waals surface area contributed by atoms with Crippen molar-refractivity contribution in [2.45, 2.75) is 38.1 Å². The van der Waals surface area contributed by atoms with Crippen LogP contribution in [0.3, 0.4) is 0 Å². The number of amides is 1. The molecule has 0 bridgehead atoms. The van der Waals surface area contributed by atoms with Gasteiger partial charge >= 0.3 is 0 Å². The molecule has 6 heteroatoms. The summed E-state index contributed by atoms with van der Waals surface area (Å²) >= 11 is 0. The number of nitrogens with zero attached hydrogens (tertiary/aromatic N) is 2. The highest BCUT2D eigenvalue weighted by atomic mass is 19.1. The van der Waals surface area contributed by atoms with Gasteiger partial charge in [-0.1, -0.05) is 6.92 Å². The third-order valence-electron chi connectivity index (χ3n) is 6.24. The summed E-state index contributed by atoms with van der Waals surface area (Å²) < 4.78 is 19.5. The van der Waals surface area contributed by atoms with Gasteiger partial charge in [0.25, 0.3) is 5.91 Å². The van der Waals surface area contributed by atoms with E-state index in [2.05, 4.69) is 19.2 Å². The van der Waals surface area contributed by atoms with E-state index in [-0.39, 0.29) is 17.1 Å². The fraction of sp³-hybridized carbons (Fsp3) is 0.391. The van der Waals surface area contributed by atoms with E-state index in [0.29, 0.717) is 29.4 Å². The first-order valence-corrected chi connectivity index (χ1v) is 10.3. The molecule has 3 heterocycles. The lowest BCUT2D eigenvalue weighted by Gasteiger charge is -2.28. The molecule has 150 valence electrons. The number of furan rings is 1. The standard InChI is InChI=1S/C23H24FN3O2/c1-14-13-27(10-9-25-14)22(28)20-12-19-21(29-20)17(23(2)7-8-23)11-18(26-19)15-3-5-16(24)6-4-15/h3-6,11-12,14,25H,7-10,13H2,1-2H3/p+1/t14-/m0/s1. The number of pyridine rings is 1. The fourth-order valence-electron chi connectivity index (χ4n) is 4.17. The Morgan fingerprint density at radius 1 is 1.28 bits per heavy atom. The average Bonchev–Trinajstić information content (AvgIpc) is 3.32. The number of carbonyl (C=O) groups excluding carboxylic acids is 1. The SMILES string of the molecule is C[C@H]1CN(C(=O)c2cc3nc(-c4ccc(F)cc4)cc(C4(C)CC4)c3o2)CC[NH2+]1.